The highest BCUT2D eigenvalue weighted by molar-refractivity contribution is 6.31. The van der Waals surface area contributed by atoms with Gasteiger partial charge in [0.25, 0.3) is 5.91 Å². The third-order valence-electron chi connectivity index (χ3n) is 3.58. The summed E-state index contributed by atoms with van der Waals surface area (Å²) in [5, 5.41) is 3.31. The fourth-order valence-corrected chi connectivity index (χ4v) is 2.52. The second kappa shape index (κ2) is 9.20. The van der Waals surface area contributed by atoms with Crippen LogP contribution in [0.5, 0.6) is 23.0 Å². The molecule has 0 spiro atoms. The van der Waals surface area contributed by atoms with Crippen molar-refractivity contribution in [1.82, 2.24) is 0 Å². The zero-order valence-electron chi connectivity index (χ0n) is 15.2. The van der Waals surface area contributed by atoms with Crippen molar-refractivity contribution < 1.29 is 23.7 Å². The maximum absolute atomic E-state index is 12.7. The number of amides is 1. The van der Waals surface area contributed by atoms with Crippen molar-refractivity contribution in [1.29, 1.82) is 0 Å². The zero-order chi connectivity index (χ0) is 19.1. The minimum absolute atomic E-state index is 0.348. The van der Waals surface area contributed by atoms with Crippen LogP contribution in [0.1, 0.15) is 23.7 Å². The SMILES string of the molecule is CCCOc1ccc(Cl)cc1NC(=O)c1cc(OC)c(OC)c(OC)c1. The van der Waals surface area contributed by atoms with Gasteiger partial charge in [0.05, 0.1) is 33.6 Å². The van der Waals surface area contributed by atoms with E-state index in [1.807, 2.05) is 6.92 Å². The predicted octanol–water partition coefficient (Wildman–Crippen LogP) is 4.41. The van der Waals surface area contributed by atoms with Crippen LogP contribution in [0, 0.1) is 0 Å². The smallest absolute Gasteiger partial charge is 0.256 e. The average molecular weight is 380 g/mol. The number of hydrogen-bond donors (Lipinski definition) is 1. The summed E-state index contributed by atoms with van der Waals surface area (Å²) >= 11 is 6.05. The quantitative estimate of drug-likeness (QED) is 0.736. The van der Waals surface area contributed by atoms with Gasteiger partial charge in [-0.1, -0.05) is 18.5 Å². The minimum atomic E-state index is -0.354. The Morgan fingerprint density at radius 3 is 2.19 bits per heavy atom. The first-order valence-electron chi connectivity index (χ1n) is 8.07. The van der Waals surface area contributed by atoms with E-state index in [1.165, 1.54) is 21.3 Å². The molecule has 2 aromatic rings. The maximum atomic E-state index is 12.7. The molecule has 0 heterocycles. The molecule has 0 saturated heterocycles. The highest BCUT2D eigenvalue weighted by Crippen LogP contribution is 2.38. The van der Waals surface area contributed by atoms with Gasteiger partial charge in [0.2, 0.25) is 5.75 Å². The van der Waals surface area contributed by atoms with Gasteiger partial charge in [0, 0.05) is 10.6 Å². The van der Waals surface area contributed by atoms with Crippen LogP contribution in [0.25, 0.3) is 0 Å². The molecule has 0 aliphatic carbocycles. The number of benzene rings is 2. The summed E-state index contributed by atoms with van der Waals surface area (Å²) in [6, 6.07) is 8.23. The van der Waals surface area contributed by atoms with E-state index < -0.39 is 0 Å². The van der Waals surface area contributed by atoms with Crippen molar-refractivity contribution in [2.75, 3.05) is 33.3 Å². The predicted molar refractivity (Wildman–Crippen MR) is 101 cm³/mol. The van der Waals surface area contributed by atoms with Gasteiger partial charge < -0.3 is 24.3 Å². The van der Waals surface area contributed by atoms with Crippen LogP contribution in [0.15, 0.2) is 30.3 Å². The second-order valence-corrected chi connectivity index (χ2v) is 5.79. The topological polar surface area (TPSA) is 66.0 Å². The van der Waals surface area contributed by atoms with Gasteiger partial charge in [-0.2, -0.15) is 0 Å². The summed E-state index contributed by atoms with van der Waals surface area (Å²) in [6.45, 7) is 2.54. The fourth-order valence-electron chi connectivity index (χ4n) is 2.34. The Hall–Kier alpha value is -2.60. The second-order valence-electron chi connectivity index (χ2n) is 5.36. The van der Waals surface area contributed by atoms with E-state index in [2.05, 4.69) is 5.32 Å². The summed E-state index contributed by atoms with van der Waals surface area (Å²) in [6.07, 6.45) is 0.850. The molecular formula is C19H22ClNO5. The first-order valence-corrected chi connectivity index (χ1v) is 8.45. The molecule has 0 radical (unpaired) electrons. The fraction of sp³-hybridized carbons (Fsp3) is 0.316. The number of halogens is 1. The summed E-state index contributed by atoms with van der Waals surface area (Å²) in [5.41, 5.74) is 0.839. The van der Waals surface area contributed by atoms with Crippen LogP contribution in [-0.4, -0.2) is 33.8 Å². The maximum Gasteiger partial charge on any atom is 0.256 e. The van der Waals surface area contributed by atoms with Crippen molar-refractivity contribution in [3.8, 4) is 23.0 Å². The van der Waals surface area contributed by atoms with Crippen molar-refractivity contribution >= 4 is 23.2 Å². The molecule has 0 fully saturated rings. The van der Waals surface area contributed by atoms with E-state index >= 15 is 0 Å². The van der Waals surface area contributed by atoms with Crippen LogP contribution in [0.3, 0.4) is 0 Å². The summed E-state index contributed by atoms with van der Waals surface area (Å²) in [4.78, 5) is 12.7. The normalized spacial score (nSPS) is 10.2. The van der Waals surface area contributed by atoms with E-state index in [0.717, 1.165) is 6.42 Å². The van der Waals surface area contributed by atoms with E-state index in [-0.39, 0.29) is 5.91 Å². The molecule has 0 bridgehead atoms. The van der Waals surface area contributed by atoms with Crippen LogP contribution in [0.2, 0.25) is 5.02 Å². The van der Waals surface area contributed by atoms with Crippen molar-refractivity contribution in [2.45, 2.75) is 13.3 Å². The number of rotatable bonds is 8. The Morgan fingerprint density at radius 1 is 1.00 bits per heavy atom. The van der Waals surface area contributed by atoms with Crippen LogP contribution in [0.4, 0.5) is 5.69 Å². The van der Waals surface area contributed by atoms with Crippen molar-refractivity contribution in [3.05, 3.63) is 40.9 Å². The molecular weight excluding hydrogens is 358 g/mol. The van der Waals surface area contributed by atoms with Gasteiger partial charge in [0.15, 0.2) is 11.5 Å². The van der Waals surface area contributed by atoms with E-state index in [4.69, 9.17) is 30.5 Å². The van der Waals surface area contributed by atoms with Crippen molar-refractivity contribution in [3.63, 3.8) is 0 Å². The lowest BCUT2D eigenvalue weighted by molar-refractivity contribution is 0.102. The number of carbonyl (C=O) groups excluding carboxylic acids is 1. The van der Waals surface area contributed by atoms with E-state index in [1.54, 1.807) is 30.3 Å². The number of nitrogens with one attached hydrogen (secondary N) is 1. The molecule has 0 unspecified atom stereocenters. The third kappa shape index (κ3) is 4.52. The molecule has 7 heteroatoms. The number of carbonyl (C=O) groups is 1. The Labute approximate surface area is 158 Å². The summed E-state index contributed by atoms with van der Waals surface area (Å²) in [5.74, 6) is 1.40. The lowest BCUT2D eigenvalue weighted by Gasteiger charge is -2.15. The number of methoxy groups -OCH3 is 3. The van der Waals surface area contributed by atoms with Gasteiger partial charge >= 0.3 is 0 Å². The molecule has 0 aliphatic rings. The summed E-state index contributed by atoms with van der Waals surface area (Å²) < 4.78 is 21.5. The average Bonchev–Trinajstić information content (AvgIpc) is 2.65. The number of anilines is 1. The molecule has 1 amide bonds. The molecule has 0 saturated carbocycles. The Balaban J connectivity index is 2.34. The lowest BCUT2D eigenvalue weighted by atomic mass is 10.1. The minimum Gasteiger partial charge on any atom is -0.493 e. The van der Waals surface area contributed by atoms with Crippen molar-refractivity contribution in [2.24, 2.45) is 0 Å². The van der Waals surface area contributed by atoms with E-state index in [9.17, 15) is 4.79 Å². The third-order valence-corrected chi connectivity index (χ3v) is 3.81. The number of hydrogen-bond acceptors (Lipinski definition) is 5. The standard InChI is InChI=1S/C19H22ClNO5/c1-5-8-26-15-7-6-13(20)11-14(15)21-19(22)12-9-16(23-2)18(25-4)17(10-12)24-3/h6-7,9-11H,5,8H2,1-4H3,(H,21,22). The lowest BCUT2D eigenvalue weighted by Crippen LogP contribution is -2.14. The molecule has 26 heavy (non-hydrogen) atoms. The van der Waals surface area contributed by atoms with Gasteiger partial charge in [-0.15, -0.1) is 0 Å². The molecule has 140 valence electrons. The molecule has 1 N–H and O–H groups in total. The molecule has 0 atom stereocenters. The first-order chi connectivity index (χ1) is 12.5. The van der Waals surface area contributed by atoms with Crippen LogP contribution in [-0.2, 0) is 0 Å². The van der Waals surface area contributed by atoms with Gasteiger partial charge in [-0.05, 0) is 36.8 Å². The van der Waals surface area contributed by atoms with Crippen LogP contribution < -0.4 is 24.3 Å². The molecule has 0 aromatic heterocycles. The highest BCUT2D eigenvalue weighted by Gasteiger charge is 2.18. The Kier molecular flexibility index (Phi) is 6.97. The monoisotopic (exact) mass is 379 g/mol. The largest absolute Gasteiger partial charge is 0.493 e. The van der Waals surface area contributed by atoms with Gasteiger partial charge in [-0.3, -0.25) is 4.79 Å². The van der Waals surface area contributed by atoms with Gasteiger partial charge in [-0.25, -0.2) is 0 Å². The molecule has 0 aliphatic heterocycles. The highest BCUT2D eigenvalue weighted by atomic mass is 35.5. The number of ether oxygens (including phenoxy) is 4. The molecule has 2 aromatic carbocycles. The molecule has 6 nitrogen and oxygen atoms in total. The van der Waals surface area contributed by atoms with Gasteiger partial charge in [0.1, 0.15) is 5.75 Å². The first kappa shape index (κ1) is 19.7. The van der Waals surface area contributed by atoms with Crippen LogP contribution >= 0.6 is 11.6 Å². The molecule has 2 rings (SSSR count). The van der Waals surface area contributed by atoms with E-state index in [0.29, 0.717) is 45.9 Å². The summed E-state index contributed by atoms with van der Waals surface area (Å²) in [7, 11) is 4.49. The Bertz CT molecular complexity index is 754. The Morgan fingerprint density at radius 2 is 1.65 bits per heavy atom. The zero-order valence-corrected chi connectivity index (χ0v) is 16.0.